The SMILES string of the molecule is OCCOc1ccccc1CN1CCC[C@@H](Nc2ccc(F)cc2)C1. The van der Waals surface area contributed by atoms with Crippen molar-refractivity contribution in [3.63, 3.8) is 0 Å². The average molecular weight is 344 g/mol. The molecular formula is C20H25FN2O2. The maximum Gasteiger partial charge on any atom is 0.123 e. The summed E-state index contributed by atoms with van der Waals surface area (Å²) in [7, 11) is 0. The van der Waals surface area contributed by atoms with Gasteiger partial charge in [-0.15, -0.1) is 0 Å². The van der Waals surface area contributed by atoms with Gasteiger partial charge in [0.15, 0.2) is 0 Å². The normalized spacial score (nSPS) is 18.1. The van der Waals surface area contributed by atoms with Crippen LogP contribution in [0.5, 0.6) is 5.75 Å². The van der Waals surface area contributed by atoms with Crippen LogP contribution in [-0.2, 0) is 6.54 Å². The number of likely N-dealkylation sites (tertiary alicyclic amines) is 1. The van der Waals surface area contributed by atoms with Crippen molar-refractivity contribution in [1.82, 2.24) is 4.90 Å². The van der Waals surface area contributed by atoms with E-state index in [0.717, 1.165) is 49.5 Å². The number of ether oxygens (including phenoxy) is 1. The number of piperidine rings is 1. The quantitative estimate of drug-likeness (QED) is 0.809. The minimum Gasteiger partial charge on any atom is -0.491 e. The number of benzene rings is 2. The van der Waals surface area contributed by atoms with Gasteiger partial charge < -0.3 is 15.2 Å². The fourth-order valence-corrected chi connectivity index (χ4v) is 3.27. The van der Waals surface area contributed by atoms with Gasteiger partial charge in [-0.3, -0.25) is 4.90 Å². The van der Waals surface area contributed by atoms with Crippen molar-refractivity contribution in [3.8, 4) is 5.75 Å². The zero-order valence-electron chi connectivity index (χ0n) is 14.3. The van der Waals surface area contributed by atoms with Crippen LogP contribution in [0.25, 0.3) is 0 Å². The standard InChI is InChI=1S/C20H25FN2O2/c21-17-7-9-18(10-8-17)22-19-5-3-11-23(15-19)14-16-4-1-2-6-20(16)25-13-12-24/h1-2,4,6-10,19,22,24H,3,5,11-15H2/t19-/m1/s1. The van der Waals surface area contributed by atoms with Gasteiger partial charge >= 0.3 is 0 Å². The topological polar surface area (TPSA) is 44.7 Å². The van der Waals surface area contributed by atoms with Gasteiger partial charge in [-0.1, -0.05) is 18.2 Å². The number of hydrogen-bond donors (Lipinski definition) is 2. The summed E-state index contributed by atoms with van der Waals surface area (Å²) >= 11 is 0. The highest BCUT2D eigenvalue weighted by Gasteiger charge is 2.20. The summed E-state index contributed by atoms with van der Waals surface area (Å²) in [4.78, 5) is 2.41. The Kier molecular flexibility index (Phi) is 6.25. The van der Waals surface area contributed by atoms with E-state index >= 15 is 0 Å². The largest absolute Gasteiger partial charge is 0.491 e. The molecule has 0 spiro atoms. The molecule has 25 heavy (non-hydrogen) atoms. The van der Waals surface area contributed by atoms with Gasteiger partial charge in [0.05, 0.1) is 6.61 Å². The summed E-state index contributed by atoms with van der Waals surface area (Å²) in [6.45, 7) is 3.14. The van der Waals surface area contributed by atoms with Crippen LogP contribution < -0.4 is 10.1 Å². The Labute approximate surface area is 148 Å². The van der Waals surface area contributed by atoms with Crippen molar-refractivity contribution in [2.24, 2.45) is 0 Å². The molecule has 0 radical (unpaired) electrons. The number of anilines is 1. The van der Waals surface area contributed by atoms with Crippen LogP contribution in [0.2, 0.25) is 0 Å². The number of nitrogens with zero attached hydrogens (tertiary/aromatic N) is 1. The molecule has 3 rings (SSSR count). The second-order valence-corrected chi connectivity index (χ2v) is 6.41. The summed E-state index contributed by atoms with van der Waals surface area (Å²) in [6.07, 6.45) is 2.23. The zero-order chi connectivity index (χ0) is 17.5. The van der Waals surface area contributed by atoms with Crippen LogP contribution in [0.3, 0.4) is 0 Å². The van der Waals surface area contributed by atoms with E-state index < -0.39 is 0 Å². The maximum absolute atomic E-state index is 13.0. The third kappa shape index (κ3) is 5.18. The van der Waals surface area contributed by atoms with Gasteiger partial charge in [-0.2, -0.15) is 0 Å². The molecule has 1 saturated heterocycles. The maximum atomic E-state index is 13.0. The summed E-state index contributed by atoms with van der Waals surface area (Å²) in [6, 6.07) is 14.9. The summed E-state index contributed by atoms with van der Waals surface area (Å²) in [5, 5.41) is 12.5. The number of para-hydroxylation sites is 1. The molecule has 2 N–H and O–H groups in total. The third-order valence-corrected chi connectivity index (χ3v) is 4.44. The highest BCUT2D eigenvalue weighted by atomic mass is 19.1. The van der Waals surface area contributed by atoms with Gasteiger partial charge in [0.25, 0.3) is 0 Å². The molecule has 2 aromatic rings. The number of nitrogens with one attached hydrogen (secondary N) is 1. The fraction of sp³-hybridized carbons (Fsp3) is 0.400. The van der Waals surface area contributed by atoms with E-state index in [0.29, 0.717) is 12.6 Å². The first kappa shape index (κ1) is 17.7. The molecule has 1 aliphatic heterocycles. The molecule has 1 atom stereocenters. The Morgan fingerprint density at radius 3 is 2.76 bits per heavy atom. The van der Waals surface area contributed by atoms with E-state index in [4.69, 9.17) is 9.84 Å². The van der Waals surface area contributed by atoms with Crippen LogP contribution in [0.15, 0.2) is 48.5 Å². The van der Waals surface area contributed by atoms with Crippen molar-refractivity contribution in [3.05, 3.63) is 59.9 Å². The number of hydrogen-bond acceptors (Lipinski definition) is 4. The Morgan fingerprint density at radius 1 is 1.16 bits per heavy atom. The smallest absolute Gasteiger partial charge is 0.123 e. The van der Waals surface area contributed by atoms with Crippen LogP contribution in [0, 0.1) is 5.82 Å². The Bertz CT molecular complexity index is 663. The van der Waals surface area contributed by atoms with Crippen molar-refractivity contribution >= 4 is 5.69 Å². The summed E-state index contributed by atoms with van der Waals surface area (Å²) < 4.78 is 18.7. The monoisotopic (exact) mass is 344 g/mol. The molecule has 1 fully saturated rings. The Hall–Kier alpha value is -2.11. The third-order valence-electron chi connectivity index (χ3n) is 4.44. The number of aliphatic hydroxyl groups excluding tert-OH is 1. The molecule has 0 aliphatic carbocycles. The van der Waals surface area contributed by atoms with Gasteiger partial charge in [-0.05, 0) is 49.7 Å². The lowest BCUT2D eigenvalue weighted by Gasteiger charge is -2.34. The van der Waals surface area contributed by atoms with Crippen LogP contribution in [0.1, 0.15) is 18.4 Å². The Balaban J connectivity index is 1.59. The molecular weight excluding hydrogens is 319 g/mol. The average Bonchev–Trinajstić information content (AvgIpc) is 2.63. The molecule has 1 aliphatic rings. The van der Waals surface area contributed by atoms with Crippen molar-refractivity contribution in [2.45, 2.75) is 25.4 Å². The first-order chi connectivity index (χ1) is 12.2. The minimum atomic E-state index is -0.213. The van der Waals surface area contributed by atoms with Crippen LogP contribution in [-0.4, -0.2) is 42.4 Å². The first-order valence-electron chi connectivity index (χ1n) is 8.80. The van der Waals surface area contributed by atoms with E-state index in [9.17, 15) is 4.39 Å². The minimum absolute atomic E-state index is 0.0156. The molecule has 0 unspecified atom stereocenters. The molecule has 2 aromatic carbocycles. The second-order valence-electron chi connectivity index (χ2n) is 6.41. The predicted molar refractivity (Wildman–Crippen MR) is 97.3 cm³/mol. The molecule has 1 heterocycles. The van der Waals surface area contributed by atoms with E-state index in [1.54, 1.807) is 12.1 Å². The van der Waals surface area contributed by atoms with E-state index in [2.05, 4.69) is 16.3 Å². The lowest BCUT2D eigenvalue weighted by atomic mass is 10.0. The molecule has 4 nitrogen and oxygen atoms in total. The molecule has 0 amide bonds. The van der Waals surface area contributed by atoms with Gasteiger partial charge in [0, 0.05) is 30.4 Å². The fourth-order valence-electron chi connectivity index (χ4n) is 3.27. The predicted octanol–water partition coefficient (Wildman–Crippen LogP) is 3.27. The molecule has 0 saturated carbocycles. The molecule has 5 heteroatoms. The highest BCUT2D eigenvalue weighted by molar-refractivity contribution is 5.44. The number of aliphatic hydroxyl groups is 1. The molecule has 0 bridgehead atoms. The lowest BCUT2D eigenvalue weighted by Crippen LogP contribution is -2.41. The van der Waals surface area contributed by atoms with Crippen LogP contribution in [0.4, 0.5) is 10.1 Å². The Morgan fingerprint density at radius 2 is 1.96 bits per heavy atom. The van der Waals surface area contributed by atoms with Gasteiger partial charge in [0.2, 0.25) is 0 Å². The first-order valence-corrected chi connectivity index (χ1v) is 8.80. The van der Waals surface area contributed by atoms with Gasteiger partial charge in [-0.25, -0.2) is 4.39 Å². The van der Waals surface area contributed by atoms with Crippen molar-refractivity contribution in [1.29, 1.82) is 0 Å². The summed E-state index contributed by atoms with van der Waals surface area (Å²) in [5.74, 6) is 0.625. The second kappa shape index (κ2) is 8.83. The summed E-state index contributed by atoms with van der Waals surface area (Å²) in [5.41, 5.74) is 2.10. The van der Waals surface area contributed by atoms with E-state index in [1.807, 2.05) is 18.2 Å². The van der Waals surface area contributed by atoms with Crippen molar-refractivity contribution < 1.29 is 14.2 Å². The zero-order valence-corrected chi connectivity index (χ0v) is 14.3. The highest BCUT2D eigenvalue weighted by Crippen LogP contribution is 2.23. The van der Waals surface area contributed by atoms with E-state index in [1.165, 1.54) is 12.1 Å². The van der Waals surface area contributed by atoms with Gasteiger partial charge in [0.1, 0.15) is 18.2 Å². The van der Waals surface area contributed by atoms with E-state index in [-0.39, 0.29) is 12.4 Å². The number of halogens is 1. The molecule has 0 aromatic heterocycles. The molecule has 134 valence electrons. The number of rotatable bonds is 7. The van der Waals surface area contributed by atoms with Crippen LogP contribution >= 0.6 is 0 Å². The lowest BCUT2D eigenvalue weighted by molar-refractivity contribution is 0.189. The van der Waals surface area contributed by atoms with Crippen molar-refractivity contribution in [2.75, 3.05) is 31.6 Å².